The predicted octanol–water partition coefficient (Wildman–Crippen LogP) is 1.01. The van der Waals surface area contributed by atoms with Gasteiger partial charge in [0, 0.05) is 11.1 Å². The Morgan fingerprint density at radius 1 is 1.85 bits per heavy atom. The number of thiazole rings is 1. The van der Waals surface area contributed by atoms with Crippen LogP contribution in [0.25, 0.3) is 6.08 Å². The summed E-state index contributed by atoms with van der Waals surface area (Å²) in [4.78, 5) is 15.7. The van der Waals surface area contributed by atoms with Crippen molar-refractivity contribution in [3.8, 4) is 0 Å². The fourth-order valence-corrected chi connectivity index (χ4v) is 1.28. The van der Waals surface area contributed by atoms with Crippen LogP contribution in [0.2, 0.25) is 0 Å². The van der Waals surface area contributed by atoms with Gasteiger partial charge in [-0.1, -0.05) is 0 Å². The molecule has 1 aromatic rings. The van der Waals surface area contributed by atoms with E-state index in [1.165, 1.54) is 11.3 Å². The van der Waals surface area contributed by atoms with Crippen LogP contribution in [0, 0.1) is 0 Å². The van der Waals surface area contributed by atoms with E-state index < -0.39 is 5.97 Å². The average Bonchev–Trinajstić information content (AvgIpc) is 2.57. The first kappa shape index (κ1) is 9.73. The molecule has 0 saturated carbocycles. The molecular weight excluding hydrogens is 188 g/mol. The third-order valence-electron chi connectivity index (χ3n) is 1.26. The smallest absolute Gasteiger partial charge is 0.354 e. The van der Waals surface area contributed by atoms with Gasteiger partial charge in [0.15, 0.2) is 0 Å². The fraction of sp³-hybridized carbons (Fsp3) is 0.250. The van der Waals surface area contributed by atoms with Crippen LogP contribution in [-0.4, -0.2) is 17.6 Å². The Bertz CT molecular complexity index is 306. The SMILES string of the molecule is CCOC(=O)/C(N)=C/c1cncs1. The highest BCUT2D eigenvalue weighted by Gasteiger charge is 2.05. The molecule has 0 aromatic carbocycles. The van der Waals surface area contributed by atoms with Gasteiger partial charge in [0.1, 0.15) is 5.70 Å². The van der Waals surface area contributed by atoms with Gasteiger partial charge < -0.3 is 10.5 Å². The topological polar surface area (TPSA) is 65.2 Å². The molecule has 0 aliphatic carbocycles. The summed E-state index contributed by atoms with van der Waals surface area (Å²) >= 11 is 1.41. The van der Waals surface area contributed by atoms with Crippen LogP contribution < -0.4 is 5.73 Å². The van der Waals surface area contributed by atoms with Crippen molar-refractivity contribution in [3.63, 3.8) is 0 Å². The molecule has 0 spiro atoms. The molecule has 0 bridgehead atoms. The molecule has 0 fully saturated rings. The summed E-state index contributed by atoms with van der Waals surface area (Å²) in [5, 5.41) is 0. The van der Waals surface area contributed by atoms with Crippen LogP contribution >= 0.6 is 11.3 Å². The van der Waals surface area contributed by atoms with Crippen molar-refractivity contribution in [3.05, 3.63) is 22.3 Å². The van der Waals surface area contributed by atoms with E-state index in [-0.39, 0.29) is 5.70 Å². The molecule has 70 valence electrons. The van der Waals surface area contributed by atoms with E-state index in [2.05, 4.69) is 4.98 Å². The van der Waals surface area contributed by atoms with E-state index in [1.807, 2.05) is 0 Å². The number of ether oxygens (including phenoxy) is 1. The van der Waals surface area contributed by atoms with Gasteiger partial charge >= 0.3 is 5.97 Å². The number of nitrogens with zero attached hydrogens (tertiary/aromatic N) is 1. The molecule has 0 atom stereocenters. The first-order chi connectivity index (χ1) is 6.24. The van der Waals surface area contributed by atoms with Crippen molar-refractivity contribution in [2.45, 2.75) is 6.92 Å². The molecule has 4 nitrogen and oxygen atoms in total. The van der Waals surface area contributed by atoms with Crippen molar-refractivity contribution in [1.29, 1.82) is 0 Å². The molecule has 0 saturated heterocycles. The number of carbonyl (C=O) groups excluding carboxylic acids is 1. The summed E-state index contributed by atoms with van der Waals surface area (Å²) in [6, 6.07) is 0. The number of aromatic nitrogens is 1. The number of nitrogens with two attached hydrogens (primary N) is 1. The second kappa shape index (κ2) is 4.61. The molecule has 0 radical (unpaired) electrons. The molecule has 0 aliphatic rings. The van der Waals surface area contributed by atoms with Crippen molar-refractivity contribution in [2.75, 3.05) is 6.61 Å². The molecule has 0 amide bonds. The Labute approximate surface area is 80.0 Å². The number of hydrogen-bond acceptors (Lipinski definition) is 5. The van der Waals surface area contributed by atoms with Gasteiger partial charge in [-0.15, -0.1) is 11.3 Å². The predicted molar refractivity (Wildman–Crippen MR) is 50.9 cm³/mol. The quantitative estimate of drug-likeness (QED) is 0.581. The third kappa shape index (κ3) is 2.87. The lowest BCUT2D eigenvalue weighted by atomic mass is 10.4. The Kier molecular flexibility index (Phi) is 3.45. The number of carbonyl (C=O) groups is 1. The molecule has 2 N–H and O–H groups in total. The molecule has 1 aromatic heterocycles. The molecule has 1 rings (SSSR count). The minimum atomic E-state index is -0.490. The van der Waals surface area contributed by atoms with Gasteiger partial charge in [0.05, 0.1) is 12.1 Å². The summed E-state index contributed by atoms with van der Waals surface area (Å²) < 4.78 is 4.70. The first-order valence-electron chi connectivity index (χ1n) is 3.76. The Morgan fingerprint density at radius 3 is 3.15 bits per heavy atom. The van der Waals surface area contributed by atoms with Crippen LogP contribution in [0.1, 0.15) is 11.8 Å². The zero-order valence-corrected chi connectivity index (χ0v) is 8.00. The Hall–Kier alpha value is -1.36. The van der Waals surface area contributed by atoms with Crippen molar-refractivity contribution in [2.24, 2.45) is 5.73 Å². The van der Waals surface area contributed by atoms with Gasteiger partial charge in [-0.25, -0.2) is 4.79 Å². The van der Waals surface area contributed by atoms with Crippen LogP contribution in [0.15, 0.2) is 17.4 Å². The highest BCUT2D eigenvalue weighted by molar-refractivity contribution is 7.10. The first-order valence-corrected chi connectivity index (χ1v) is 4.64. The summed E-state index contributed by atoms with van der Waals surface area (Å²) in [6.45, 7) is 2.06. The maximum atomic E-state index is 11.0. The second-order valence-electron chi connectivity index (χ2n) is 2.22. The number of rotatable bonds is 3. The average molecular weight is 198 g/mol. The molecule has 5 heteroatoms. The highest BCUT2D eigenvalue weighted by Crippen LogP contribution is 2.09. The minimum Gasteiger partial charge on any atom is -0.461 e. The monoisotopic (exact) mass is 198 g/mol. The van der Waals surface area contributed by atoms with Gasteiger partial charge in [-0.2, -0.15) is 0 Å². The van der Waals surface area contributed by atoms with E-state index in [1.54, 1.807) is 24.7 Å². The fourth-order valence-electron chi connectivity index (χ4n) is 0.724. The Balaban J connectivity index is 2.66. The van der Waals surface area contributed by atoms with Crippen molar-refractivity contribution in [1.82, 2.24) is 4.98 Å². The van der Waals surface area contributed by atoms with Gasteiger partial charge in [0.25, 0.3) is 0 Å². The largest absolute Gasteiger partial charge is 0.461 e. The lowest BCUT2D eigenvalue weighted by Gasteiger charge is -1.99. The normalized spacial score (nSPS) is 11.3. The lowest BCUT2D eigenvalue weighted by molar-refractivity contribution is -0.138. The van der Waals surface area contributed by atoms with E-state index >= 15 is 0 Å². The van der Waals surface area contributed by atoms with E-state index in [4.69, 9.17) is 10.5 Å². The second-order valence-corrected chi connectivity index (χ2v) is 3.14. The standard InChI is InChI=1S/C8H10N2O2S/c1-2-12-8(11)7(9)3-6-4-10-5-13-6/h3-5H,2,9H2,1H3/b7-3-. The summed E-state index contributed by atoms with van der Waals surface area (Å²) in [7, 11) is 0. The van der Waals surface area contributed by atoms with Gasteiger partial charge in [-0.3, -0.25) is 4.98 Å². The lowest BCUT2D eigenvalue weighted by Crippen LogP contribution is -2.14. The summed E-state index contributed by atoms with van der Waals surface area (Å²) in [6.07, 6.45) is 3.19. The molecule has 1 heterocycles. The van der Waals surface area contributed by atoms with E-state index in [9.17, 15) is 4.79 Å². The molecule has 13 heavy (non-hydrogen) atoms. The Morgan fingerprint density at radius 2 is 2.62 bits per heavy atom. The van der Waals surface area contributed by atoms with Crippen LogP contribution in [0.5, 0.6) is 0 Å². The maximum absolute atomic E-state index is 11.0. The third-order valence-corrected chi connectivity index (χ3v) is 1.98. The summed E-state index contributed by atoms with van der Waals surface area (Å²) in [5.74, 6) is -0.490. The van der Waals surface area contributed by atoms with Crippen LogP contribution in [0.3, 0.4) is 0 Å². The van der Waals surface area contributed by atoms with Crippen LogP contribution in [-0.2, 0) is 9.53 Å². The maximum Gasteiger partial charge on any atom is 0.354 e. The van der Waals surface area contributed by atoms with Crippen molar-refractivity contribution < 1.29 is 9.53 Å². The van der Waals surface area contributed by atoms with E-state index in [0.717, 1.165) is 4.88 Å². The molecule has 0 unspecified atom stereocenters. The van der Waals surface area contributed by atoms with Crippen LogP contribution in [0.4, 0.5) is 0 Å². The van der Waals surface area contributed by atoms with E-state index in [0.29, 0.717) is 6.61 Å². The zero-order valence-electron chi connectivity index (χ0n) is 7.19. The minimum absolute atomic E-state index is 0.103. The van der Waals surface area contributed by atoms with Gasteiger partial charge in [0.2, 0.25) is 0 Å². The number of hydrogen-bond donors (Lipinski definition) is 1. The summed E-state index contributed by atoms with van der Waals surface area (Å²) in [5.41, 5.74) is 7.23. The molecular formula is C8H10N2O2S. The highest BCUT2D eigenvalue weighted by atomic mass is 32.1. The number of esters is 1. The van der Waals surface area contributed by atoms with Gasteiger partial charge in [-0.05, 0) is 13.0 Å². The zero-order chi connectivity index (χ0) is 9.68. The van der Waals surface area contributed by atoms with Crippen molar-refractivity contribution >= 4 is 23.4 Å². The molecule has 0 aliphatic heterocycles.